The molecule has 0 radical (unpaired) electrons. The fourth-order valence-corrected chi connectivity index (χ4v) is 2.43. The van der Waals surface area contributed by atoms with E-state index in [9.17, 15) is 5.11 Å². The van der Waals surface area contributed by atoms with E-state index in [4.69, 9.17) is 9.47 Å². The highest BCUT2D eigenvalue weighted by atomic mass is 79.9. The van der Waals surface area contributed by atoms with Crippen LogP contribution in [0.15, 0.2) is 28.7 Å². The number of aliphatic hydroxyl groups is 1. The van der Waals surface area contributed by atoms with Crippen LogP contribution >= 0.6 is 15.9 Å². The molecule has 0 bridgehead atoms. The average Bonchev–Trinajstić information content (AvgIpc) is 2.48. The van der Waals surface area contributed by atoms with Crippen LogP contribution in [0.2, 0.25) is 0 Å². The first-order valence-corrected chi connectivity index (χ1v) is 7.92. The second-order valence-corrected chi connectivity index (χ2v) is 5.98. The Bertz CT molecular complexity index is 379. The topological polar surface area (TPSA) is 50.7 Å². The molecule has 1 aliphatic rings. The van der Waals surface area contributed by atoms with Crippen molar-refractivity contribution in [3.8, 4) is 5.75 Å². The van der Waals surface area contributed by atoms with Crippen LogP contribution in [0.4, 0.5) is 0 Å². The summed E-state index contributed by atoms with van der Waals surface area (Å²) in [5.74, 6) is 0.767. The lowest BCUT2D eigenvalue weighted by Crippen LogP contribution is -2.37. The van der Waals surface area contributed by atoms with Gasteiger partial charge in [-0.3, -0.25) is 0 Å². The maximum absolute atomic E-state index is 9.86. The molecule has 0 aromatic heterocycles. The van der Waals surface area contributed by atoms with Gasteiger partial charge in [-0.1, -0.05) is 15.9 Å². The summed E-state index contributed by atoms with van der Waals surface area (Å²) < 4.78 is 12.2. The number of rotatable bonds is 7. The molecule has 1 aromatic carbocycles. The van der Waals surface area contributed by atoms with Crippen LogP contribution in [-0.2, 0) is 4.74 Å². The van der Waals surface area contributed by atoms with Gasteiger partial charge in [0.2, 0.25) is 0 Å². The van der Waals surface area contributed by atoms with E-state index < -0.39 is 6.10 Å². The Morgan fingerprint density at radius 1 is 1.35 bits per heavy atom. The predicted molar refractivity (Wildman–Crippen MR) is 82.1 cm³/mol. The third kappa shape index (κ3) is 5.79. The van der Waals surface area contributed by atoms with E-state index in [0.717, 1.165) is 29.8 Å². The van der Waals surface area contributed by atoms with Crippen molar-refractivity contribution in [2.75, 3.05) is 26.3 Å². The molecular formula is C15H22BrNO3. The molecule has 112 valence electrons. The first-order chi connectivity index (χ1) is 9.74. The van der Waals surface area contributed by atoms with Crippen molar-refractivity contribution in [1.29, 1.82) is 0 Å². The summed E-state index contributed by atoms with van der Waals surface area (Å²) in [6.45, 7) is 2.48. The van der Waals surface area contributed by atoms with Crippen LogP contribution in [0.25, 0.3) is 0 Å². The van der Waals surface area contributed by atoms with E-state index >= 15 is 0 Å². The lowest BCUT2D eigenvalue weighted by molar-refractivity contribution is 0.0141. The third-order valence-electron chi connectivity index (χ3n) is 3.28. The van der Waals surface area contributed by atoms with Gasteiger partial charge in [0.05, 0.1) is 6.10 Å². The normalized spacial score (nSPS) is 20.6. The van der Waals surface area contributed by atoms with Crippen LogP contribution in [0.5, 0.6) is 5.75 Å². The molecule has 2 atom stereocenters. The summed E-state index contributed by atoms with van der Waals surface area (Å²) in [7, 11) is 0. The average molecular weight is 344 g/mol. The molecule has 1 heterocycles. The SMILES string of the molecule is OC(CNCC1CCCCO1)COc1ccc(Br)cc1. The Labute approximate surface area is 128 Å². The molecule has 4 nitrogen and oxygen atoms in total. The maximum atomic E-state index is 9.86. The van der Waals surface area contributed by atoms with Gasteiger partial charge < -0.3 is 19.9 Å². The summed E-state index contributed by atoms with van der Waals surface area (Å²) in [4.78, 5) is 0. The van der Waals surface area contributed by atoms with E-state index in [1.54, 1.807) is 0 Å². The Morgan fingerprint density at radius 2 is 2.15 bits per heavy atom. The summed E-state index contributed by atoms with van der Waals surface area (Å²) in [5.41, 5.74) is 0. The van der Waals surface area contributed by atoms with E-state index in [2.05, 4.69) is 21.2 Å². The molecule has 2 N–H and O–H groups in total. The summed E-state index contributed by atoms with van der Waals surface area (Å²) in [6.07, 6.45) is 3.30. The highest BCUT2D eigenvalue weighted by molar-refractivity contribution is 9.10. The van der Waals surface area contributed by atoms with Gasteiger partial charge in [0.1, 0.15) is 18.5 Å². The van der Waals surface area contributed by atoms with Gasteiger partial charge in [-0.15, -0.1) is 0 Å². The molecule has 2 unspecified atom stereocenters. The number of ether oxygens (including phenoxy) is 2. The second kappa shape index (κ2) is 8.62. The van der Waals surface area contributed by atoms with Crippen LogP contribution in [0, 0.1) is 0 Å². The van der Waals surface area contributed by atoms with Gasteiger partial charge >= 0.3 is 0 Å². The zero-order valence-electron chi connectivity index (χ0n) is 11.6. The van der Waals surface area contributed by atoms with Gasteiger partial charge in [0.25, 0.3) is 0 Å². The number of benzene rings is 1. The molecule has 0 aliphatic carbocycles. The number of halogens is 1. The van der Waals surface area contributed by atoms with Crippen molar-refractivity contribution in [1.82, 2.24) is 5.32 Å². The fourth-order valence-electron chi connectivity index (χ4n) is 2.16. The van der Waals surface area contributed by atoms with Crippen LogP contribution < -0.4 is 10.1 Å². The Kier molecular flexibility index (Phi) is 6.79. The smallest absolute Gasteiger partial charge is 0.119 e. The number of hydrogen-bond donors (Lipinski definition) is 2. The summed E-state index contributed by atoms with van der Waals surface area (Å²) in [5, 5.41) is 13.1. The molecule has 1 fully saturated rings. The van der Waals surface area contributed by atoms with Crippen LogP contribution in [0.1, 0.15) is 19.3 Å². The van der Waals surface area contributed by atoms with Crippen molar-refractivity contribution in [3.63, 3.8) is 0 Å². The van der Waals surface area contributed by atoms with Gasteiger partial charge in [0.15, 0.2) is 0 Å². The first kappa shape index (κ1) is 15.8. The summed E-state index contributed by atoms with van der Waals surface area (Å²) in [6, 6.07) is 7.58. The molecule has 0 amide bonds. The zero-order valence-corrected chi connectivity index (χ0v) is 13.1. The van der Waals surface area contributed by atoms with Crippen molar-refractivity contribution in [2.24, 2.45) is 0 Å². The standard InChI is InChI=1S/C15H22BrNO3/c16-12-4-6-14(7-5-12)20-11-13(18)9-17-10-15-3-1-2-8-19-15/h4-7,13,15,17-18H,1-3,8-11H2. The van der Waals surface area contributed by atoms with Crippen molar-refractivity contribution in [2.45, 2.75) is 31.5 Å². The minimum Gasteiger partial charge on any atom is -0.491 e. The zero-order chi connectivity index (χ0) is 14.2. The highest BCUT2D eigenvalue weighted by Crippen LogP contribution is 2.16. The molecule has 1 aliphatic heterocycles. The van der Waals surface area contributed by atoms with E-state index in [0.29, 0.717) is 19.3 Å². The molecule has 0 spiro atoms. The number of hydrogen-bond acceptors (Lipinski definition) is 4. The Morgan fingerprint density at radius 3 is 2.85 bits per heavy atom. The molecule has 20 heavy (non-hydrogen) atoms. The third-order valence-corrected chi connectivity index (χ3v) is 3.81. The monoisotopic (exact) mass is 343 g/mol. The van der Waals surface area contributed by atoms with Gasteiger partial charge in [-0.25, -0.2) is 0 Å². The van der Waals surface area contributed by atoms with Gasteiger partial charge in [-0.05, 0) is 43.5 Å². The first-order valence-electron chi connectivity index (χ1n) is 7.13. The molecule has 5 heteroatoms. The quantitative estimate of drug-likeness (QED) is 0.797. The Hall–Kier alpha value is -0.620. The van der Waals surface area contributed by atoms with Gasteiger partial charge in [0, 0.05) is 24.2 Å². The molecule has 0 saturated carbocycles. The summed E-state index contributed by atoms with van der Waals surface area (Å²) >= 11 is 3.37. The number of nitrogens with one attached hydrogen (secondary N) is 1. The fraction of sp³-hybridized carbons (Fsp3) is 0.600. The lowest BCUT2D eigenvalue weighted by Gasteiger charge is -2.23. The molecular weight excluding hydrogens is 322 g/mol. The number of aliphatic hydroxyl groups excluding tert-OH is 1. The Balaban J connectivity index is 1.57. The molecule has 1 aromatic rings. The van der Waals surface area contributed by atoms with E-state index in [1.165, 1.54) is 12.8 Å². The molecule has 2 rings (SSSR count). The van der Waals surface area contributed by atoms with E-state index in [1.807, 2.05) is 24.3 Å². The van der Waals surface area contributed by atoms with Crippen molar-refractivity contribution >= 4 is 15.9 Å². The lowest BCUT2D eigenvalue weighted by atomic mass is 10.1. The van der Waals surface area contributed by atoms with Gasteiger partial charge in [-0.2, -0.15) is 0 Å². The van der Waals surface area contributed by atoms with Crippen LogP contribution in [0.3, 0.4) is 0 Å². The predicted octanol–water partition coefficient (Wildman–Crippen LogP) is 2.35. The minimum atomic E-state index is -0.512. The highest BCUT2D eigenvalue weighted by Gasteiger charge is 2.14. The minimum absolute atomic E-state index is 0.292. The van der Waals surface area contributed by atoms with Crippen molar-refractivity contribution in [3.05, 3.63) is 28.7 Å². The van der Waals surface area contributed by atoms with E-state index in [-0.39, 0.29) is 0 Å². The molecule has 1 saturated heterocycles. The van der Waals surface area contributed by atoms with Crippen LogP contribution in [-0.4, -0.2) is 43.6 Å². The second-order valence-electron chi connectivity index (χ2n) is 5.07. The van der Waals surface area contributed by atoms with Crippen molar-refractivity contribution < 1.29 is 14.6 Å². The largest absolute Gasteiger partial charge is 0.491 e. The maximum Gasteiger partial charge on any atom is 0.119 e.